The number of nitrogens with one attached hydrogen (secondary N) is 1. The van der Waals surface area contributed by atoms with Gasteiger partial charge in [0.25, 0.3) is 0 Å². The molecule has 4 heteroatoms. The highest BCUT2D eigenvalue weighted by Gasteiger charge is 2.02. The molecule has 0 aromatic carbocycles. The molecule has 0 saturated heterocycles. The second-order valence-electron chi connectivity index (χ2n) is 3.29. The van der Waals surface area contributed by atoms with E-state index in [9.17, 15) is 0 Å². The number of hydrogen-bond donors (Lipinski definition) is 1. The second kappa shape index (κ2) is 5.42. The molecule has 4 nitrogen and oxygen atoms in total. The Morgan fingerprint density at radius 1 is 1.43 bits per heavy atom. The molecule has 0 saturated carbocycles. The highest BCUT2D eigenvalue weighted by atomic mass is 15.2. The zero-order valence-corrected chi connectivity index (χ0v) is 9.12. The van der Waals surface area contributed by atoms with E-state index in [2.05, 4.69) is 34.2 Å². The molecule has 1 heterocycles. The number of unbranched alkanes of at least 4 members (excludes halogenated alkanes) is 1. The van der Waals surface area contributed by atoms with E-state index in [1.165, 1.54) is 12.8 Å². The van der Waals surface area contributed by atoms with Gasteiger partial charge in [-0.3, -0.25) is 0 Å². The minimum absolute atomic E-state index is 0.860. The lowest BCUT2D eigenvalue weighted by atomic mass is 10.3. The monoisotopic (exact) mass is 194 g/mol. The lowest BCUT2D eigenvalue weighted by Gasteiger charge is -2.17. The molecule has 0 bridgehead atoms. The minimum Gasteiger partial charge on any atom is -0.373 e. The Morgan fingerprint density at radius 3 is 2.86 bits per heavy atom. The van der Waals surface area contributed by atoms with Crippen LogP contribution in [0.4, 0.5) is 11.6 Å². The molecule has 1 aromatic rings. The van der Waals surface area contributed by atoms with Gasteiger partial charge in [0.15, 0.2) is 0 Å². The first-order valence-corrected chi connectivity index (χ1v) is 4.99. The van der Waals surface area contributed by atoms with Crippen LogP contribution in [0.2, 0.25) is 0 Å². The number of anilines is 2. The van der Waals surface area contributed by atoms with E-state index < -0.39 is 0 Å². The van der Waals surface area contributed by atoms with Gasteiger partial charge in [-0.1, -0.05) is 13.3 Å². The summed E-state index contributed by atoms with van der Waals surface area (Å²) < 4.78 is 0. The zero-order chi connectivity index (χ0) is 10.4. The Labute approximate surface area is 85.4 Å². The first-order valence-electron chi connectivity index (χ1n) is 4.99. The smallest absolute Gasteiger partial charge is 0.133 e. The van der Waals surface area contributed by atoms with Gasteiger partial charge in [0.2, 0.25) is 0 Å². The number of rotatable bonds is 5. The molecule has 0 aliphatic rings. The number of aromatic nitrogens is 2. The van der Waals surface area contributed by atoms with Crippen LogP contribution in [0.15, 0.2) is 12.4 Å². The summed E-state index contributed by atoms with van der Waals surface area (Å²) in [5, 5.41) is 3.00. The molecule has 0 spiro atoms. The maximum Gasteiger partial charge on any atom is 0.133 e. The van der Waals surface area contributed by atoms with Crippen molar-refractivity contribution in [3.63, 3.8) is 0 Å². The lowest BCUT2D eigenvalue weighted by Crippen LogP contribution is -2.19. The van der Waals surface area contributed by atoms with Crippen molar-refractivity contribution >= 4 is 11.6 Å². The molecule has 0 fully saturated rings. The zero-order valence-electron chi connectivity index (χ0n) is 9.12. The van der Waals surface area contributed by atoms with Gasteiger partial charge in [-0.2, -0.15) is 0 Å². The van der Waals surface area contributed by atoms with E-state index in [1.807, 2.05) is 13.1 Å². The Morgan fingerprint density at radius 2 is 2.21 bits per heavy atom. The van der Waals surface area contributed by atoms with Crippen molar-refractivity contribution in [3.05, 3.63) is 12.4 Å². The summed E-state index contributed by atoms with van der Waals surface area (Å²) in [6.45, 7) is 3.23. The van der Waals surface area contributed by atoms with Crippen molar-refractivity contribution in [2.75, 3.05) is 30.9 Å². The average Bonchev–Trinajstić information content (AvgIpc) is 2.26. The van der Waals surface area contributed by atoms with Gasteiger partial charge in [0.05, 0.1) is 0 Å². The summed E-state index contributed by atoms with van der Waals surface area (Å²) in [6.07, 6.45) is 3.98. The molecule has 0 unspecified atom stereocenters. The molecule has 14 heavy (non-hydrogen) atoms. The lowest BCUT2D eigenvalue weighted by molar-refractivity contribution is 0.758. The maximum absolute atomic E-state index is 4.21. The fraction of sp³-hybridized carbons (Fsp3) is 0.600. The van der Waals surface area contributed by atoms with E-state index in [0.717, 1.165) is 18.2 Å². The van der Waals surface area contributed by atoms with Gasteiger partial charge in [-0.15, -0.1) is 0 Å². The van der Waals surface area contributed by atoms with Crippen molar-refractivity contribution in [2.24, 2.45) is 0 Å². The van der Waals surface area contributed by atoms with Crippen LogP contribution < -0.4 is 10.2 Å². The summed E-state index contributed by atoms with van der Waals surface area (Å²) in [5.41, 5.74) is 0. The molecular weight excluding hydrogens is 176 g/mol. The fourth-order valence-electron chi connectivity index (χ4n) is 1.20. The summed E-state index contributed by atoms with van der Waals surface area (Å²) in [5.74, 6) is 1.83. The van der Waals surface area contributed by atoms with Crippen molar-refractivity contribution < 1.29 is 0 Å². The van der Waals surface area contributed by atoms with E-state index in [4.69, 9.17) is 0 Å². The highest BCUT2D eigenvalue weighted by molar-refractivity contribution is 5.47. The van der Waals surface area contributed by atoms with E-state index in [0.29, 0.717) is 0 Å². The molecule has 1 aromatic heterocycles. The van der Waals surface area contributed by atoms with Gasteiger partial charge < -0.3 is 10.2 Å². The molecule has 0 radical (unpaired) electrons. The summed E-state index contributed by atoms with van der Waals surface area (Å²) in [6, 6.07) is 1.95. The average molecular weight is 194 g/mol. The van der Waals surface area contributed by atoms with E-state index in [-0.39, 0.29) is 0 Å². The molecule has 0 aliphatic carbocycles. The second-order valence-corrected chi connectivity index (χ2v) is 3.29. The molecule has 0 atom stereocenters. The van der Waals surface area contributed by atoms with Crippen LogP contribution in [0.3, 0.4) is 0 Å². The van der Waals surface area contributed by atoms with Crippen LogP contribution in [-0.2, 0) is 0 Å². The Kier molecular flexibility index (Phi) is 4.16. The van der Waals surface area contributed by atoms with Gasteiger partial charge in [0.1, 0.15) is 18.0 Å². The Bertz CT molecular complexity index is 275. The molecule has 0 aliphatic heterocycles. The SMILES string of the molecule is CCCCN(C)c1cc(NC)ncn1. The number of hydrogen-bond acceptors (Lipinski definition) is 4. The molecule has 1 N–H and O–H groups in total. The third-order valence-electron chi connectivity index (χ3n) is 2.15. The third-order valence-corrected chi connectivity index (χ3v) is 2.15. The molecule has 1 rings (SSSR count). The molecular formula is C10H18N4. The topological polar surface area (TPSA) is 41.0 Å². The van der Waals surface area contributed by atoms with Crippen LogP contribution in [0.1, 0.15) is 19.8 Å². The standard InChI is InChI=1S/C10H18N4/c1-4-5-6-14(3)10-7-9(11-2)12-8-13-10/h7-8H,4-6H2,1-3H3,(H,11,12,13). The first kappa shape index (κ1) is 10.8. The van der Waals surface area contributed by atoms with E-state index >= 15 is 0 Å². The summed E-state index contributed by atoms with van der Waals surface area (Å²) in [4.78, 5) is 10.4. The number of nitrogens with zero attached hydrogens (tertiary/aromatic N) is 3. The largest absolute Gasteiger partial charge is 0.373 e. The normalized spacial score (nSPS) is 9.93. The van der Waals surface area contributed by atoms with Crippen LogP contribution >= 0.6 is 0 Å². The summed E-state index contributed by atoms with van der Waals surface area (Å²) >= 11 is 0. The van der Waals surface area contributed by atoms with Crippen molar-refractivity contribution in [1.82, 2.24) is 9.97 Å². The predicted octanol–water partition coefficient (Wildman–Crippen LogP) is 1.75. The summed E-state index contributed by atoms with van der Waals surface area (Å²) in [7, 11) is 3.91. The third kappa shape index (κ3) is 2.87. The van der Waals surface area contributed by atoms with Crippen LogP contribution in [-0.4, -0.2) is 30.6 Å². The Hall–Kier alpha value is -1.32. The van der Waals surface area contributed by atoms with Gasteiger partial charge in [0, 0.05) is 26.7 Å². The quantitative estimate of drug-likeness (QED) is 0.775. The van der Waals surface area contributed by atoms with Crippen molar-refractivity contribution in [2.45, 2.75) is 19.8 Å². The van der Waals surface area contributed by atoms with Crippen molar-refractivity contribution in [3.8, 4) is 0 Å². The van der Waals surface area contributed by atoms with Crippen LogP contribution in [0.25, 0.3) is 0 Å². The minimum atomic E-state index is 0.860. The van der Waals surface area contributed by atoms with Crippen LogP contribution in [0, 0.1) is 0 Å². The van der Waals surface area contributed by atoms with Crippen LogP contribution in [0.5, 0.6) is 0 Å². The highest BCUT2D eigenvalue weighted by Crippen LogP contribution is 2.12. The van der Waals surface area contributed by atoms with Gasteiger partial charge in [-0.25, -0.2) is 9.97 Å². The molecule has 78 valence electrons. The van der Waals surface area contributed by atoms with Gasteiger partial charge in [-0.05, 0) is 6.42 Å². The van der Waals surface area contributed by atoms with Crippen molar-refractivity contribution in [1.29, 1.82) is 0 Å². The maximum atomic E-state index is 4.21. The van der Waals surface area contributed by atoms with Gasteiger partial charge >= 0.3 is 0 Å². The Balaban J connectivity index is 2.64. The molecule has 0 amide bonds. The first-order chi connectivity index (χ1) is 6.77. The fourth-order valence-corrected chi connectivity index (χ4v) is 1.20. The van der Waals surface area contributed by atoms with E-state index in [1.54, 1.807) is 6.33 Å². The predicted molar refractivity (Wildman–Crippen MR) is 59.8 cm³/mol.